The van der Waals surface area contributed by atoms with Crippen molar-refractivity contribution in [3.05, 3.63) is 83.7 Å². The van der Waals surface area contributed by atoms with Crippen LogP contribution in [0.5, 0.6) is 5.75 Å². The summed E-state index contributed by atoms with van der Waals surface area (Å²) in [5, 5.41) is 10.9. The zero-order chi connectivity index (χ0) is 34.7. The number of nitrogen functional groups attached to an aromatic ring is 1. The molecular weight excluding hydrogens is 622 g/mol. The number of esters is 1. The molecule has 3 aromatic carbocycles. The van der Waals surface area contributed by atoms with Gasteiger partial charge in [0.15, 0.2) is 0 Å². The number of alkyl carbamates (subject to hydrolysis) is 1. The first-order chi connectivity index (χ1) is 23.5. The fourth-order valence-corrected chi connectivity index (χ4v) is 6.21. The van der Waals surface area contributed by atoms with Crippen LogP contribution in [0.2, 0.25) is 0 Å². The Labute approximate surface area is 285 Å². The summed E-state index contributed by atoms with van der Waals surface area (Å²) < 4.78 is 24.6. The van der Waals surface area contributed by atoms with Crippen molar-refractivity contribution in [1.29, 1.82) is 0 Å². The number of nitrogens with one attached hydrogen (secondary N) is 1. The highest BCUT2D eigenvalue weighted by molar-refractivity contribution is 5.95. The molecule has 2 heterocycles. The number of nitrogens with two attached hydrogens (primary N) is 1. The third-order valence-electron chi connectivity index (χ3n) is 8.55. The smallest absolute Gasteiger partial charge is 0.407 e. The summed E-state index contributed by atoms with van der Waals surface area (Å²) in [5.74, 6) is 0.740. The van der Waals surface area contributed by atoms with Gasteiger partial charge in [-0.3, -0.25) is 9.48 Å². The van der Waals surface area contributed by atoms with E-state index in [1.807, 2.05) is 61.9 Å². The minimum Gasteiger partial charge on any atom is -0.487 e. The van der Waals surface area contributed by atoms with Crippen LogP contribution in [0.3, 0.4) is 0 Å². The summed E-state index contributed by atoms with van der Waals surface area (Å²) in [6, 6.07) is 20.1. The van der Waals surface area contributed by atoms with Crippen LogP contribution in [0.25, 0.3) is 32.8 Å². The molecule has 1 saturated carbocycles. The Balaban J connectivity index is 1.33. The summed E-state index contributed by atoms with van der Waals surface area (Å²) in [4.78, 5) is 29.2. The minimum absolute atomic E-state index is 0.0299. The number of ether oxygens (including phenoxy) is 4. The first-order valence-electron chi connectivity index (χ1n) is 16.6. The van der Waals surface area contributed by atoms with Crippen LogP contribution in [-0.2, 0) is 38.6 Å². The molecule has 1 amide bonds. The lowest BCUT2D eigenvalue weighted by Gasteiger charge is -2.37. The molecule has 256 valence electrons. The molecule has 0 atom stereocenters. The van der Waals surface area contributed by atoms with E-state index in [0.717, 1.165) is 49.6 Å². The van der Waals surface area contributed by atoms with Gasteiger partial charge in [-0.1, -0.05) is 24.3 Å². The molecule has 11 nitrogen and oxygen atoms in total. The van der Waals surface area contributed by atoms with E-state index in [9.17, 15) is 9.59 Å². The average Bonchev–Trinajstić information content (AvgIpc) is 3.38. The number of pyridine rings is 1. The molecule has 0 saturated heterocycles. The first-order valence-corrected chi connectivity index (χ1v) is 16.6. The van der Waals surface area contributed by atoms with Gasteiger partial charge in [0.05, 0.1) is 36.9 Å². The van der Waals surface area contributed by atoms with Crippen molar-refractivity contribution in [2.45, 2.75) is 77.9 Å². The zero-order valence-corrected chi connectivity index (χ0v) is 28.6. The molecular formula is C38H43N5O6. The summed E-state index contributed by atoms with van der Waals surface area (Å²) in [7, 11) is 1.63. The number of aromatic nitrogens is 3. The molecule has 2 aromatic heterocycles. The fourth-order valence-electron chi connectivity index (χ4n) is 6.21. The normalized spacial score (nSPS) is 15.9. The minimum atomic E-state index is -0.573. The number of hydrogen-bond acceptors (Lipinski definition) is 9. The summed E-state index contributed by atoms with van der Waals surface area (Å²) in [6.45, 7) is 8.24. The molecule has 0 radical (unpaired) electrons. The predicted octanol–water partition coefficient (Wildman–Crippen LogP) is 6.89. The summed E-state index contributed by atoms with van der Waals surface area (Å²) in [6.07, 6.45) is 2.76. The van der Waals surface area contributed by atoms with E-state index in [-0.39, 0.29) is 31.1 Å². The molecule has 0 aliphatic heterocycles. The van der Waals surface area contributed by atoms with E-state index >= 15 is 0 Å². The third kappa shape index (κ3) is 7.78. The van der Waals surface area contributed by atoms with Gasteiger partial charge in [-0.05, 0) is 99.0 Å². The molecule has 49 heavy (non-hydrogen) atoms. The molecule has 1 aliphatic rings. The molecule has 0 spiro atoms. The van der Waals surface area contributed by atoms with Crippen molar-refractivity contribution in [2.24, 2.45) is 0 Å². The van der Waals surface area contributed by atoms with Gasteiger partial charge in [-0.15, -0.1) is 0 Å². The van der Waals surface area contributed by atoms with Crippen LogP contribution < -0.4 is 15.8 Å². The lowest BCUT2D eigenvalue weighted by molar-refractivity contribution is -0.142. The Morgan fingerprint density at radius 3 is 2.47 bits per heavy atom. The third-order valence-corrected chi connectivity index (χ3v) is 8.55. The van der Waals surface area contributed by atoms with Gasteiger partial charge >= 0.3 is 12.1 Å². The van der Waals surface area contributed by atoms with Gasteiger partial charge in [0.1, 0.15) is 23.8 Å². The van der Waals surface area contributed by atoms with Crippen LogP contribution >= 0.6 is 0 Å². The van der Waals surface area contributed by atoms with E-state index in [4.69, 9.17) is 29.8 Å². The van der Waals surface area contributed by atoms with Crippen LogP contribution in [-0.4, -0.2) is 52.2 Å². The SMILES string of the molecule is CCOC(=O)Cc1cc(COC)ccc1OCc1c2cc(-c3ccc4ccnc(N)c4c3)ccc2nn1C1CC(NC(=O)OC(C)(C)C)C1. The Hall–Kier alpha value is -5.16. The molecule has 0 bridgehead atoms. The van der Waals surface area contributed by atoms with E-state index in [0.29, 0.717) is 37.6 Å². The van der Waals surface area contributed by atoms with Crippen LogP contribution in [0.4, 0.5) is 10.6 Å². The predicted molar refractivity (Wildman–Crippen MR) is 188 cm³/mol. The second-order valence-electron chi connectivity index (χ2n) is 13.4. The number of hydrogen-bond donors (Lipinski definition) is 2. The number of fused-ring (bicyclic) bond motifs is 2. The summed E-state index contributed by atoms with van der Waals surface area (Å²) in [5.41, 5.74) is 11.0. The Kier molecular flexibility index (Phi) is 9.73. The van der Waals surface area contributed by atoms with Gasteiger partial charge < -0.3 is 30.0 Å². The molecule has 1 aliphatic carbocycles. The van der Waals surface area contributed by atoms with E-state index in [1.54, 1.807) is 20.2 Å². The number of benzene rings is 3. The van der Waals surface area contributed by atoms with Gasteiger partial charge in [0, 0.05) is 35.7 Å². The highest BCUT2D eigenvalue weighted by Crippen LogP contribution is 2.37. The standard InChI is InChI=1S/C38H43N5O6/c1-6-47-35(44)18-27-15-23(21-46-5)7-12-34(27)48-22-33-31-17-26(25-9-8-24-13-14-40-36(39)30(24)16-25)10-11-32(31)42-43(33)29-19-28(20-29)41-37(45)49-38(2,3)4/h7-17,28-29H,6,18-22H2,1-5H3,(H2,39,40)(H,41,45). The highest BCUT2D eigenvalue weighted by Gasteiger charge is 2.35. The van der Waals surface area contributed by atoms with Crippen molar-refractivity contribution in [2.75, 3.05) is 19.5 Å². The van der Waals surface area contributed by atoms with E-state index in [2.05, 4.69) is 34.6 Å². The van der Waals surface area contributed by atoms with Crippen LogP contribution in [0.15, 0.2) is 66.9 Å². The van der Waals surface area contributed by atoms with Crippen LogP contribution in [0, 0.1) is 0 Å². The Bertz CT molecular complexity index is 1990. The molecule has 3 N–H and O–H groups in total. The van der Waals surface area contributed by atoms with Crippen molar-refractivity contribution in [3.63, 3.8) is 0 Å². The molecule has 6 rings (SSSR count). The number of carbonyl (C=O) groups excluding carboxylic acids is 2. The molecule has 0 unspecified atom stereocenters. The van der Waals surface area contributed by atoms with Gasteiger partial charge in [-0.2, -0.15) is 5.10 Å². The number of anilines is 1. The lowest BCUT2D eigenvalue weighted by atomic mass is 9.87. The Morgan fingerprint density at radius 2 is 1.73 bits per heavy atom. The van der Waals surface area contributed by atoms with Crippen molar-refractivity contribution in [3.8, 4) is 16.9 Å². The maximum Gasteiger partial charge on any atom is 0.407 e. The number of methoxy groups -OCH3 is 1. The van der Waals surface area contributed by atoms with Crippen LogP contribution in [0.1, 0.15) is 63.4 Å². The number of rotatable bonds is 11. The van der Waals surface area contributed by atoms with Gasteiger partial charge in [0.2, 0.25) is 0 Å². The lowest BCUT2D eigenvalue weighted by Crippen LogP contribution is -2.47. The topological polar surface area (TPSA) is 140 Å². The quantitative estimate of drug-likeness (QED) is 0.144. The van der Waals surface area contributed by atoms with E-state index in [1.165, 1.54) is 0 Å². The molecule has 5 aromatic rings. The largest absolute Gasteiger partial charge is 0.487 e. The zero-order valence-electron chi connectivity index (χ0n) is 28.6. The number of carbonyl (C=O) groups is 2. The number of amides is 1. The fraction of sp³-hybridized carbons (Fsp3) is 0.368. The number of nitrogens with zero attached hydrogens (tertiary/aromatic N) is 3. The maximum atomic E-state index is 12.5. The molecule has 11 heteroatoms. The summed E-state index contributed by atoms with van der Waals surface area (Å²) >= 11 is 0. The van der Waals surface area contributed by atoms with Crippen molar-refractivity contribution in [1.82, 2.24) is 20.1 Å². The average molecular weight is 666 g/mol. The maximum absolute atomic E-state index is 12.5. The van der Waals surface area contributed by atoms with Gasteiger partial charge in [0.25, 0.3) is 0 Å². The van der Waals surface area contributed by atoms with Crippen molar-refractivity contribution >= 4 is 39.6 Å². The Morgan fingerprint density at radius 1 is 0.980 bits per heavy atom. The second kappa shape index (κ2) is 14.1. The first kappa shape index (κ1) is 33.7. The van der Waals surface area contributed by atoms with E-state index < -0.39 is 11.7 Å². The molecule has 1 fully saturated rings. The van der Waals surface area contributed by atoms with Crippen molar-refractivity contribution < 1.29 is 28.5 Å². The monoisotopic (exact) mass is 665 g/mol. The second-order valence-corrected chi connectivity index (χ2v) is 13.4. The highest BCUT2D eigenvalue weighted by atomic mass is 16.6. The van der Waals surface area contributed by atoms with Gasteiger partial charge in [-0.25, -0.2) is 9.78 Å².